The second kappa shape index (κ2) is 7.64. The molecule has 0 bridgehead atoms. The van der Waals surface area contributed by atoms with Crippen molar-refractivity contribution in [3.63, 3.8) is 0 Å². The summed E-state index contributed by atoms with van der Waals surface area (Å²) in [6.07, 6.45) is 0. The van der Waals surface area contributed by atoms with E-state index in [1.54, 1.807) is 7.11 Å². The van der Waals surface area contributed by atoms with Gasteiger partial charge in [-0.05, 0) is 17.7 Å². The number of nitrogens with two attached hydrogens (primary N) is 2. The van der Waals surface area contributed by atoms with Crippen molar-refractivity contribution in [2.75, 3.05) is 26.1 Å². The molecule has 5 heteroatoms. The number of hydrazine groups is 1. The average Bonchev–Trinajstić information content (AvgIpc) is 2.51. The normalized spacial score (nSPS) is 12.1. The molecule has 0 heterocycles. The van der Waals surface area contributed by atoms with Gasteiger partial charge < -0.3 is 15.2 Å². The molecule has 1 atom stereocenters. The van der Waals surface area contributed by atoms with Gasteiger partial charge in [0.25, 0.3) is 0 Å². The van der Waals surface area contributed by atoms with E-state index in [2.05, 4.69) is 5.43 Å². The smallest absolute Gasteiger partial charge is 0.124 e. The molecule has 0 spiro atoms. The lowest BCUT2D eigenvalue weighted by molar-refractivity contribution is 0.145. The van der Waals surface area contributed by atoms with Crippen LogP contribution < -0.4 is 21.7 Å². The molecule has 0 aliphatic rings. The summed E-state index contributed by atoms with van der Waals surface area (Å²) in [5, 5.41) is 0. The van der Waals surface area contributed by atoms with Gasteiger partial charge in [-0.1, -0.05) is 36.4 Å². The van der Waals surface area contributed by atoms with Crippen molar-refractivity contribution in [3.05, 3.63) is 59.7 Å². The van der Waals surface area contributed by atoms with Crippen molar-refractivity contribution in [3.8, 4) is 5.75 Å². The van der Waals surface area contributed by atoms with E-state index in [1.807, 2.05) is 48.5 Å². The molecule has 0 saturated carbocycles. The zero-order chi connectivity index (χ0) is 15.1. The lowest BCUT2D eigenvalue weighted by Crippen LogP contribution is -2.30. The Labute approximate surface area is 124 Å². The van der Waals surface area contributed by atoms with Gasteiger partial charge in [-0.3, -0.25) is 5.84 Å². The number of rotatable bonds is 7. The lowest BCUT2D eigenvalue weighted by atomic mass is 9.97. The average molecular weight is 287 g/mol. The van der Waals surface area contributed by atoms with Crippen LogP contribution in [0, 0.1) is 0 Å². The first kappa shape index (κ1) is 15.3. The number of nitrogen functional groups attached to an aromatic ring is 1. The maximum absolute atomic E-state index is 6.05. The van der Waals surface area contributed by atoms with Gasteiger partial charge in [0.05, 0.1) is 12.6 Å². The number of ether oxygens (including phenoxy) is 2. The minimum Gasteiger partial charge on any atom is -0.491 e. The molecule has 1 unspecified atom stereocenters. The molecule has 2 aromatic carbocycles. The fraction of sp³-hybridized carbons (Fsp3) is 0.250. The van der Waals surface area contributed by atoms with Crippen LogP contribution in [0.15, 0.2) is 48.5 Å². The van der Waals surface area contributed by atoms with E-state index >= 15 is 0 Å². The van der Waals surface area contributed by atoms with Crippen LogP contribution in [0.2, 0.25) is 0 Å². The second-order valence-electron chi connectivity index (χ2n) is 4.61. The molecule has 5 N–H and O–H groups in total. The van der Waals surface area contributed by atoms with Crippen LogP contribution in [0.1, 0.15) is 17.2 Å². The molecule has 0 aliphatic carbocycles. The summed E-state index contributed by atoms with van der Waals surface area (Å²) in [5.74, 6) is 6.51. The van der Waals surface area contributed by atoms with Gasteiger partial charge in [0, 0.05) is 18.4 Å². The number of hydrogen-bond acceptors (Lipinski definition) is 5. The standard InChI is InChI=1S/C16H21N3O2/c1-20-10-11-21-15-9-5-3-7-13(15)16(19-18)12-6-2-4-8-14(12)17/h2-9,16,19H,10-11,17-18H2,1H3. The summed E-state index contributed by atoms with van der Waals surface area (Å²) < 4.78 is 10.8. The van der Waals surface area contributed by atoms with Crippen LogP contribution >= 0.6 is 0 Å². The topological polar surface area (TPSA) is 82.5 Å². The summed E-state index contributed by atoms with van der Waals surface area (Å²) in [6, 6.07) is 15.2. The Hall–Kier alpha value is -2.08. The molecule has 2 aromatic rings. The van der Waals surface area contributed by atoms with Gasteiger partial charge in [0.15, 0.2) is 0 Å². The number of methoxy groups -OCH3 is 1. The highest BCUT2D eigenvalue weighted by atomic mass is 16.5. The van der Waals surface area contributed by atoms with Gasteiger partial charge in [0.2, 0.25) is 0 Å². The molecule has 112 valence electrons. The minimum absolute atomic E-state index is 0.232. The number of anilines is 1. The highest BCUT2D eigenvalue weighted by Gasteiger charge is 2.18. The van der Waals surface area contributed by atoms with Crippen molar-refractivity contribution < 1.29 is 9.47 Å². The van der Waals surface area contributed by atoms with E-state index in [1.165, 1.54) is 0 Å². The van der Waals surface area contributed by atoms with Crippen LogP contribution in [0.5, 0.6) is 5.75 Å². The van der Waals surface area contributed by atoms with Gasteiger partial charge in [-0.25, -0.2) is 5.43 Å². The van der Waals surface area contributed by atoms with Gasteiger partial charge in [0.1, 0.15) is 12.4 Å². The number of benzene rings is 2. The first-order valence-electron chi connectivity index (χ1n) is 6.79. The minimum atomic E-state index is -0.232. The Bertz CT molecular complexity index is 575. The van der Waals surface area contributed by atoms with Crippen LogP contribution in [0.4, 0.5) is 5.69 Å². The van der Waals surface area contributed by atoms with Crippen LogP contribution in [0.25, 0.3) is 0 Å². The second-order valence-corrected chi connectivity index (χ2v) is 4.61. The third-order valence-electron chi connectivity index (χ3n) is 3.25. The molecule has 0 amide bonds. The molecule has 21 heavy (non-hydrogen) atoms. The van der Waals surface area contributed by atoms with Gasteiger partial charge >= 0.3 is 0 Å². The van der Waals surface area contributed by atoms with E-state index in [-0.39, 0.29) is 6.04 Å². The Morgan fingerprint density at radius 1 is 1.00 bits per heavy atom. The number of para-hydroxylation sites is 2. The molecule has 0 aromatic heterocycles. The van der Waals surface area contributed by atoms with E-state index in [0.29, 0.717) is 18.9 Å². The number of hydrogen-bond donors (Lipinski definition) is 3. The van der Waals surface area contributed by atoms with Crippen LogP contribution in [-0.2, 0) is 4.74 Å². The summed E-state index contributed by atoms with van der Waals surface area (Å²) in [7, 11) is 1.64. The molecular formula is C16H21N3O2. The van der Waals surface area contributed by atoms with Crippen molar-refractivity contribution >= 4 is 5.69 Å². The maximum Gasteiger partial charge on any atom is 0.124 e. The fourth-order valence-corrected chi connectivity index (χ4v) is 2.21. The molecule has 0 radical (unpaired) electrons. The Morgan fingerprint density at radius 2 is 1.67 bits per heavy atom. The van der Waals surface area contributed by atoms with Gasteiger partial charge in [-0.15, -0.1) is 0 Å². The number of nitrogens with one attached hydrogen (secondary N) is 1. The van der Waals surface area contributed by atoms with E-state index < -0.39 is 0 Å². The zero-order valence-electron chi connectivity index (χ0n) is 12.1. The first-order chi connectivity index (χ1) is 10.3. The van der Waals surface area contributed by atoms with E-state index in [4.69, 9.17) is 21.1 Å². The summed E-state index contributed by atoms with van der Waals surface area (Å²) in [5.41, 5.74) is 11.4. The van der Waals surface area contributed by atoms with E-state index in [0.717, 1.165) is 16.9 Å². The molecule has 2 rings (SSSR count). The highest BCUT2D eigenvalue weighted by Crippen LogP contribution is 2.32. The van der Waals surface area contributed by atoms with Crippen molar-refractivity contribution in [2.24, 2.45) is 5.84 Å². The fourth-order valence-electron chi connectivity index (χ4n) is 2.21. The van der Waals surface area contributed by atoms with Crippen molar-refractivity contribution in [2.45, 2.75) is 6.04 Å². The lowest BCUT2D eigenvalue weighted by Gasteiger charge is -2.21. The van der Waals surface area contributed by atoms with Crippen molar-refractivity contribution in [1.82, 2.24) is 5.43 Å². The monoisotopic (exact) mass is 287 g/mol. The molecule has 0 aliphatic heterocycles. The first-order valence-corrected chi connectivity index (χ1v) is 6.79. The highest BCUT2D eigenvalue weighted by molar-refractivity contribution is 5.53. The van der Waals surface area contributed by atoms with Gasteiger partial charge in [-0.2, -0.15) is 0 Å². The SMILES string of the molecule is COCCOc1ccccc1C(NN)c1ccccc1N. The molecular weight excluding hydrogens is 266 g/mol. The Kier molecular flexibility index (Phi) is 5.57. The predicted octanol–water partition coefficient (Wildman–Crippen LogP) is 1.85. The molecule has 0 saturated heterocycles. The Morgan fingerprint density at radius 3 is 2.33 bits per heavy atom. The largest absolute Gasteiger partial charge is 0.491 e. The van der Waals surface area contributed by atoms with Crippen molar-refractivity contribution in [1.29, 1.82) is 0 Å². The predicted molar refractivity (Wildman–Crippen MR) is 83.8 cm³/mol. The Balaban J connectivity index is 2.32. The maximum atomic E-state index is 6.05. The quantitative estimate of drug-likeness (QED) is 0.313. The summed E-state index contributed by atoms with van der Waals surface area (Å²) >= 11 is 0. The third kappa shape index (κ3) is 3.72. The zero-order valence-corrected chi connectivity index (χ0v) is 12.1. The summed E-state index contributed by atoms with van der Waals surface area (Å²) in [6.45, 7) is 1.01. The molecule has 5 nitrogen and oxygen atoms in total. The summed E-state index contributed by atoms with van der Waals surface area (Å²) in [4.78, 5) is 0. The third-order valence-corrected chi connectivity index (χ3v) is 3.25. The van der Waals surface area contributed by atoms with E-state index in [9.17, 15) is 0 Å². The van der Waals surface area contributed by atoms with Crippen LogP contribution in [-0.4, -0.2) is 20.3 Å². The van der Waals surface area contributed by atoms with Crippen LogP contribution in [0.3, 0.4) is 0 Å². The molecule has 0 fully saturated rings.